The number of aromatic nitrogens is 2. The number of hydrogen-bond acceptors (Lipinski definition) is 8. The first-order valence-electron chi connectivity index (χ1n) is 19.1. The Labute approximate surface area is 262 Å². The highest BCUT2D eigenvalue weighted by Crippen LogP contribution is 2.40. The lowest BCUT2D eigenvalue weighted by Gasteiger charge is -2.39. The third-order valence-electron chi connectivity index (χ3n) is 8.76. The van der Waals surface area contributed by atoms with Crippen LogP contribution in [0, 0.1) is 0 Å². The van der Waals surface area contributed by atoms with Crippen molar-refractivity contribution in [3.63, 3.8) is 0 Å². The highest BCUT2D eigenvalue weighted by atomic mass is 16.6. The number of cyclic esters (lactones) is 1. The summed E-state index contributed by atoms with van der Waals surface area (Å²) in [5.74, 6) is -1.03. The van der Waals surface area contributed by atoms with Gasteiger partial charge in [0.2, 0.25) is 0 Å². The summed E-state index contributed by atoms with van der Waals surface area (Å²) >= 11 is 0. The summed E-state index contributed by atoms with van der Waals surface area (Å²) in [6, 6.07) is 2.81. The van der Waals surface area contributed by atoms with Gasteiger partial charge in [-0.15, -0.1) is 0 Å². The summed E-state index contributed by atoms with van der Waals surface area (Å²) in [4.78, 5) is 45.7. The van der Waals surface area contributed by atoms with Crippen LogP contribution in [0.25, 0.3) is 22.3 Å². The molecule has 10 nitrogen and oxygen atoms in total. The van der Waals surface area contributed by atoms with Gasteiger partial charge in [0, 0.05) is 47.9 Å². The topological polar surface area (TPSA) is 114 Å². The van der Waals surface area contributed by atoms with Gasteiger partial charge in [-0.1, -0.05) is 20.3 Å². The zero-order chi connectivity index (χ0) is 38.0. The highest BCUT2D eigenvalue weighted by Gasteiger charge is 2.45. The molecule has 10 heteroatoms. The van der Waals surface area contributed by atoms with Crippen molar-refractivity contribution < 1.29 is 36.5 Å². The SMILES string of the molecule is [2H]C1([2H])N(C(=O)Oc2ccc3nc4c(c(CC)c3c2)Cn2c-4cc3c(c2=O)COC(=O)C3(O)CC)C([2H])([2H])C([2H])([2H])C([2H])(N2CCCCC2)C1([2H])[2H]. The normalized spacial score (nSPS) is 30.7. The predicted molar refractivity (Wildman–Crippen MR) is 160 cm³/mol. The lowest BCUT2D eigenvalue weighted by Crippen LogP contribution is -2.48. The molecule has 0 aliphatic carbocycles. The largest absolute Gasteiger partial charge is 0.458 e. The maximum absolute atomic E-state index is 13.8. The molecule has 1 amide bonds. The fourth-order valence-corrected chi connectivity index (χ4v) is 6.40. The summed E-state index contributed by atoms with van der Waals surface area (Å²) in [5.41, 5.74) is 0.559. The number of aliphatic hydroxyl groups is 1. The number of hydrogen-bond donors (Lipinski definition) is 1. The number of ether oxygens (including phenoxy) is 2. The molecule has 1 unspecified atom stereocenters. The number of pyridine rings is 2. The van der Waals surface area contributed by atoms with Crippen molar-refractivity contribution in [2.45, 2.75) is 83.5 Å². The van der Waals surface area contributed by atoms with Gasteiger partial charge < -0.3 is 28.9 Å². The van der Waals surface area contributed by atoms with Crippen LogP contribution < -0.4 is 10.3 Å². The number of benzene rings is 1. The average Bonchev–Trinajstić information content (AvgIpc) is 3.46. The van der Waals surface area contributed by atoms with E-state index in [-0.39, 0.29) is 54.4 Å². The van der Waals surface area contributed by atoms with Crippen LogP contribution >= 0.6 is 0 Å². The van der Waals surface area contributed by atoms with E-state index in [1.54, 1.807) is 13.0 Å². The summed E-state index contributed by atoms with van der Waals surface area (Å²) in [6.45, 7) is -3.66. The Balaban J connectivity index is 1.27. The third-order valence-corrected chi connectivity index (χ3v) is 8.76. The van der Waals surface area contributed by atoms with Crippen LogP contribution in [0.15, 0.2) is 29.1 Å². The van der Waals surface area contributed by atoms with Gasteiger partial charge in [-0.3, -0.25) is 4.79 Å². The number of amides is 1. The molecule has 1 atom stereocenters. The molecular weight excluding hydrogens is 548 g/mol. The monoisotopic (exact) mass is 595 g/mol. The van der Waals surface area contributed by atoms with Crippen molar-refractivity contribution in [2.75, 3.05) is 26.1 Å². The zero-order valence-corrected chi connectivity index (χ0v) is 24.0. The van der Waals surface area contributed by atoms with Gasteiger partial charge in [-0.2, -0.15) is 0 Å². The Hall–Kier alpha value is -3.76. The molecule has 0 saturated carbocycles. The lowest BCUT2D eigenvalue weighted by molar-refractivity contribution is -0.172. The second kappa shape index (κ2) is 10.7. The molecule has 2 saturated heterocycles. The number of fused-ring (bicyclic) bond motifs is 5. The number of nitrogens with zero attached hydrogens (tertiary/aromatic N) is 4. The van der Waals surface area contributed by atoms with Gasteiger partial charge in [0.05, 0.1) is 29.0 Å². The Bertz CT molecular complexity index is 2070. The van der Waals surface area contributed by atoms with Crippen molar-refractivity contribution in [3.8, 4) is 17.1 Å². The fourth-order valence-electron chi connectivity index (χ4n) is 6.40. The van der Waals surface area contributed by atoms with Crippen LogP contribution in [0.2, 0.25) is 0 Å². The Morgan fingerprint density at radius 1 is 1.16 bits per heavy atom. The first kappa shape index (κ1) is 19.5. The molecule has 4 aliphatic heterocycles. The minimum Gasteiger partial charge on any atom is -0.458 e. The quantitative estimate of drug-likeness (QED) is 0.351. The van der Waals surface area contributed by atoms with Crippen molar-refractivity contribution in [1.29, 1.82) is 0 Å². The molecule has 1 N–H and O–H groups in total. The van der Waals surface area contributed by atoms with Gasteiger partial charge in [-0.25, -0.2) is 14.6 Å². The summed E-state index contributed by atoms with van der Waals surface area (Å²) in [5, 5.41) is 11.7. The van der Waals surface area contributed by atoms with Gasteiger partial charge in [-0.05, 0) is 81.3 Å². The number of aryl methyl sites for hydroxylation is 1. The van der Waals surface area contributed by atoms with Gasteiger partial charge in [0.1, 0.15) is 12.4 Å². The van der Waals surface area contributed by atoms with E-state index in [0.717, 1.165) is 11.3 Å². The Kier molecular flexibility index (Phi) is 4.88. The van der Waals surface area contributed by atoms with E-state index in [9.17, 15) is 19.5 Å². The van der Waals surface area contributed by atoms with Crippen LogP contribution in [-0.2, 0) is 34.7 Å². The summed E-state index contributed by atoms with van der Waals surface area (Å²) < 4.78 is 91.3. The smallest absolute Gasteiger partial charge is 0.415 e. The second-order valence-corrected chi connectivity index (χ2v) is 11.1. The summed E-state index contributed by atoms with van der Waals surface area (Å²) in [7, 11) is 0. The van der Waals surface area contributed by atoms with Crippen LogP contribution in [0.5, 0.6) is 5.75 Å². The number of piperidine rings is 2. The molecule has 43 heavy (non-hydrogen) atoms. The van der Waals surface area contributed by atoms with Crippen molar-refractivity contribution in [2.24, 2.45) is 0 Å². The molecule has 2 fully saturated rings. The molecule has 0 spiro atoms. The van der Waals surface area contributed by atoms with E-state index in [1.165, 1.54) is 22.8 Å². The fraction of sp³-hybridized carbons (Fsp3) is 0.515. The second-order valence-electron chi connectivity index (χ2n) is 11.1. The van der Waals surface area contributed by atoms with E-state index in [2.05, 4.69) is 0 Å². The summed E-state index contributed by atoms with van der Waals surface area (Å²) in [6.07, 6.45) is -6.41. The molecule has 226 valence electrons. The van der Waals surface area contributed by atoms with E-state index in [1.807, 2.05) is 6.92 Å². The van der Waals surface area contributed by atoms with Crippen LogP contribution in [0.1, 0.15) is 86.9 Å². The maximum Gasteiger partial charge on any atom is 0.415 e. The molecule has 0 radical (unpaired) electrons. The maximum atomic E-state index is 13.8. The molecule has 4 aliphatic rings. The van der Waals surface area contributed by atoms with Crippen molar-refractivity contribution in [1.82, 2.24) is 19.4 Å². The van der Waals surface area contributed by atoms with Gasteiger partial charge in [0.15, 0.2) is 5.60 Å². The minimum absolute atomic E-state index is 0.0143. The predicted octanol–water partition coefficient (Wildman–Crippen LogP) is 4.09. The standard InChI is InChI=1S/C33H38N4O6/c1-3-22-23-16-21(43-32(40)36-14-10-20(11-15-36)35-12-6-5-7-13-35)8-9-27(23)34-29-24(22)18-37-28(29)17-26-25(30(37)38)19-42-31(39)33(26,41)4-2/h8-9,16-17,20,41H,3-7,10-15,18-19H2,1-2H3/i10D2,11D2,14D2,15D2,20D. The van der Waals surface area contributed by atoms with Gasteiger partial charge in [0.25, 0.3) is 5.56 Å². The molecule has 1 aromatic carbocycles. The molecule has 0 bridgehead atoms. The first-order valence-corrected chi connectivity index (χ1v) is 14.6. The average molecular weight is 596 g/mol. The van der Waals surface area contributed by atoms with E-state index < -0.39 is 55.0 Å². The number of carbonyl (C=O) groups is 2. The van der Waals surface area contributed by atoms with E-state index in [4.69, 9.17) is 26.8 Å². The molecular formula is C33H38N4O6. The number of likely N-dealkylation sites (tertiary alicyclic amines) is 2. The van der Waals surface area contributed by atoms with Crippen LogP contribution in [-0.4, -0.2) is 68.6 Å². The van der Waals surface area contributed by atoms with E-state index in [0.29, 0.717) is 52.7 Å². The van der Waals surface area contributed by atoms with Crippen LogP contribution in [0.4, 0.5) is 4.79 Å². The zero-order valence-electron chi connectivity index (χ0n) is 33.0. The lowest BCUT2D eigenvalue weighted by atomic mass is 9.86. The number of carbonyl (C=O) groups excluding carboxylic acids is 2. The highest BCUT2D eigenvalue weighted by molar-refractivity contribution is 5.90. The molecule has 3 aromatic rings. The minimum atomic E-state index is -3.54. The van der Waals surface area contributed by atoms with Crippen LogP contribution in [0.3, 0.4) is 0 Å². The Morgan fingerprint density at radius 3 is 2.65 bits per heavy atom. The van der Waals surface area contributed by atoms with Crippen molar-refractivity contribution in [3.05, 3.63) is 56.9 Å². The van der Waals surface area contributed by atoms with Gasteiger partial charge >= 0.3 is 12.1 Å². The molecule has 7 rings (SSSR count). The molecule has 2 aromatic heterocycles. The number of rotatable bonds is 4. The molecule has 6 heterocycles. The van der Waals surface area contributed by atoms with Crippen molar-refractivity contribution >= 4 is 23.0 Å². The Morgan fingerprint density at radius 2 is 1.93 bits per heavy atom. The van der Waals surface area contributed by atoms with E-state index >= 15 is 0 Å². The number of esters is 1. The third kappa shape index (κ3) is 4.53. The first-order chi connectivity index (χ1) is 24.2.